The molecule has 0 bridgehead atoms. The Morgan fingerprint density at radius 2 is 2.31 bits per heavy atom. The molecule has 0 aliphatic rings. The van der Waals surface area contributed by atoms with Crippen molar-refractivity contribution in [2.75, 3.05) is 19.0 Å². The third kappa shape index (κ3) is 4.04. The summed E-state index contributed by atoms with van der Waals surface area (Å²) in [6.07, 6.45) is 2.84. The van der Waals surface area contributed by atoms with Crippen molar-refractivity contribution in [3.8, 4) is 5.75 Å². The monoisotopic (exact) mass is 221 g/mol. The van der Waals surface area contributed by atoms with Gasteiger partial charge in [-0.1, -0.05) is 6.07 Å². The summed E-state index contributed by atoms with van der Waals surface area (Å²) in [5.41, 5.74) is 0.853. The molecular formula is C12H15NO3. The van der Waals surface area contributed by atoms with E-state index in [1.54, 1.807) is 0 Å². The molecule has 0 atom stereocenters. The highest BCUT2D eigenvalue weighted by atomic mass is 16.5. The first-order valence-corrected chi connectivity index (χ1v) is 5.00. The van der Waals surface area contributed by atoms with Gasteiger partial charge in [0.25, 0.3) is 0 Å². The molecule has 86 valence electrons. The highest BCUT2D eigenvalue weighted by Gasteiger charge is 1.94. The van der Waals surface area contributed by atoms with Crippen LogP contribution in [0.4, 0.5) is 5.69 Å². The van der Waals surface area contributed by atoms with Crippen molar-refractivity contribution >= 4 is 11.7 Å². The van der Waals surface area contributed by atoms with Crippen molar-refractivity contribution < 1.29 is 14.3 Å². The molecule has 0 saturated carbocycles. The number of ether oxygens (including phenoxy) is 2. The van der Waals surface area contributed by atoms with Gasteiger partial charge in [-0.2, -0.15) is 0 Å². The van der Waals surface area contributed by atoms with Gasteiger partial charge in [0.1, 0.15) is 5.75 Å². The van der Waals surface area contributed by atoms with Crippen molar-refractivity contribution in [1.29, 1.82) is 0 Å². The Labute approximate surface area is 94.9 Å². The first-order chi connectivity index (χ1) is 7.76. The first kappa shape index (κ1) is 12.1. The Morgan fingerprint density at radius 1 is 1.50 bits per heavy atom. The fraction of sp³-hybridized carbons (Fsp3) is 0.250. The lowest BCUT2D eigenvalue weighted by Gasteiger charge is -2.05. The number of anilines is 1. The molecule has 1 aromatic rings. The zero-order valence-electron chi connectivity index (χ0n) is 9.40. The maximum Gasteiger partial charge on any atom is 0.331 e. The van der Waals surface area contributed by atoms with Gasteiger partial charge in [-0.05, 0) is 19.1 Å². The Hall–Kier alpha value is -1.97. The molecule has 0 radical (unpaired) electrons. The Bertz CT molecular complexity index is 374. The van der Waals surface area contributed by atoms with Crippen molar-refractivity contribution in [3.63, 3.8) is 0 Å². The molecule has 0 spiro atoms. The second-order valence-corrected chi connectivity index (χ2v) is 2.96. The molecule has 0 saturated heterocycles. The number of methoxy groups -OCH3 is 1. The second-order valence-electron chi connectivity index (χ2n) is 2.96. The quantitative estimate of drug-likeness (QED) is 0.611. The minimum absolute atomic E-state index is 0.395. The van der Waals surface area contributed by atoms with Gasteiger partial charge in [-0.15, -0.1) is 0 Å². The Balaban J connectivity index is 2.56. The molecule has 0 amide bonds. The van der Waals surface area contributed by atoms with Gasteiger partial charge in [0.2, 0.25) is 0 Å². The zero-order valence-corrected chi connectivity index (χ0v) is 9.40. The summed E-state index contributed by atoms with van der Waals surface area (Å²) in [4.78, 5) is 10.8. The number of esters is 1. The topological polar surface area (TPSA) is 47.6 Å². The second kappa shape index (κ2) is 6.50. The van der Waals surface area contributed by atoms with Crippen LogP contribution in [0.25, 0.3) is 0 Å². The van der Waals surface area contributed by atoms with E-state index in [1.165, 1.54) is 19.4 Å². The predicted molar refractivity (Wildman–Crippen MR) is 62.4 cm³/mol. The Morgan fingerprint density at radius 3 is 3.00 bits per heavy atom. The molecule has 0 unspecified atom stereocenters. The van der Waals surface area contributed by atoms with Crippen LogP contribution >= 0.6 is 0 Å². The number of hydrogen-bond acceptors (Lipinski definition) is 4. The number of rotatable bonds is 5. The summed E-state index contributed by atoms with van der Waals surface area (Å²) in [5.74, 6) is 0.396. The molecule has 1 rings (SSSR count). The van der Waals surface area contributed by atoms with Crippen LogP contribution in [0, 0.1) is 0 Å². The van der Waals surface area contributed by atoms with Crippen LogP contribution in [0.2, 0.25) is 0 Å². The number of carbonyl (C=O) groups is 1. The standard InChI is InChI=1S/C12H15NO3/c1-3-16-11-6-4-5-10(9-11)13-8-7-12(14)15-2/h4-9,13H,3H2,1-2H3/b8-7+. The predicted octanol–water partition coefficient (Wildman–Crippen LogP) is 2.18. The molecule has 0 aromatic heterocycles. The summed E-state index contributed by atoms with van der Waals surface area (Å²) >= 11 is 0. The highest BCUT2D eigenvalue weighted by Crippen LogP contribution is 2.16. The van der Waals surface area contributed by atoms with Crippen molar-refractivity contribution in [2.45, 2.75) is 6.92 Å². The van der Waals surface area contributed by atoms with Crippen molar-refractivity contribution in [1.82, 2.24) is 0 Å². The van der Waals surface area contributed by atoms with E-state index in [0.717, 1.165) is 11.4 Å². The molecule has 0 aliphatic heterocycles. The lowest BCUT2D eigenvalue weighted by molar-refractivity contribution is -0.134. The molecule has 1 N–H and O–H groups in total. The van der Waals surface area contributed by atoms with E-state index in [0.29, 0.717) is 6.61 Å². The minimum atomic E-state index is -0.395. The summed E-state index contributed by atoms with van der Waals surface area (Å²) in [7, 11) is 1.34. The number of benzene rings is 1. The van der Waals surface area contributed by atoms with Gasteiger partial charge in [-0.3, -0.25) is 0 Å². The molecule has 0 heterocycles. The van der Waals surface area contributed by atoms with Crippen LogP contribution < -0.4 is 10.1 Å². The molecule has 4 heteroatoms. The molecule has 0 fully saturated rings. The van der Waals surface area contributed by atoms with Crippen LogP contribution in [0.3, 0.4) is 0 Å². The normalized spacial score (nSPS) is 10.1. The van der Waals surface area contributed by atoms with E-state index in [-0.39, 0.29) is 0 Å². The van der Waals surface area contributed by atoms with Crippen molar-refractivity contribution in [3.05, 3.63) is 36.5 Å². The highest BCUT2D eigenvalue weighted by molar-refractivity contribution is 5.82. The third-order valence-corrected chi connectivity index (χ3v) is 1.82. The SMILES string of the molecule is CCOc1cccc(N/C=C/C(=O)OC)c1. The van der Waals surface area contributed by atoms with Gasteiger partial charge in [-0.25, -0.2) is 4.79 Å². The maximum atomic E-state index is 10.8. The third-order valence-electron chi connectivity index (χ3n) is 1.82. The van der Waals surface area contributed by atoms with Crippen LogP contribution in [0.1, 0.15) is 6.92 Å². The molecule has 0 aliphatic carbocycles. The number of nitrogens with one attached hydrogen (secondary N) is 1. The smallest absolute Gasteiger partial charge is 0.331 e. The fourth-order valence-electron chi connectivity index (χ4n) is 1.12. The van der Waals surface area contributed by atoms with E-state index in [1.807, 2.05) is 31.2 Å². The number of hydrogen-bond donors (Lipinski definition) is 1. The average molecular weight is 221 g/mol. The van der Waals surface area contributed by atoms with Gasteiger partial charge in [0, 0.05) is 24.0 Å². The summed E-state index contributed by atoms with van der Waals surface area (Å²) < 4.78 is 9.80. The van der Waals surface area contributed by atoms with Gasteiger partial charge >= 0.3 is 5.97 Å². The molecular weight excluding hydrogens is 206 g/mol. The zero-order chi connectivity index (χ0) is 11.8. The van der Waals surface area contributed by atoms with E-state index in [4.69, 9.17) is 4.74 Å². The van der Waals surface area contributed by atoms with Crippen molar-refractivity contribution in [2.24, 2.45) is 0 Å². The molecule has 16 heavy (non-hydrogen) atoms. The number of carbonyl (C=O) groups excluding carboxylic acids is 1. The average Bonchev–Trinajstić information content (AvgIpc) is 2.30. The maximum absolute atomic E-state index is 10.8. The van der Waals surface area contributed by atoms with Crippen LogP contribution in [0.5, 0.6) is 5.75 Å². The van der Waals surface area contributed by atoms with E-state index in [9.17, 15) is 4.79 Å². The van der Waals surface area contributed by atoms with E-state index < -0.39 is 5.97 Å². The van der Waals surface area contributed by atoms with Gasteiger partial charge < -0.3 is 14.8 Å². The van der Waals surface area contributed by atoms with Gasteiger partial charge in [0.15, 0.2) is 0 Å². The molecule has 1 aromatic carbocycles. The largest absolute Gasteiger partial charge is 0.494 e. The van der Waals surface area contributed by atoms with Crippen LogP contribution in [-0.2, 0) is 9.53 Å². The summed E-state index contributed by atoms with van der Waals surface area (Å²) in [5, 5.41) is 2.95. The van der Waals surface area contributed by atoms with Crippen LogP contribution in [0.15, 0.2) is 36.5 Å². The summed E-state index contributed by atoms with van der Waals surface area (Å²) in [6.45, 7) is 2.55. The van der Waals surface area contributed by atoms with Crippen LogP contribution in [-0.4, -0.2) is 19.7 Å². The fourth-order valence-corrected chi connectivity index (χ4v) is 1.12. The first-order valence-electron chi connectivity index (χ1n) is 5.00. The minimum Gasteiger partial charge on any atom is -0.494 e. The Kier molecular flexibility index (Phi) is 4.92. The van der Waals surface area contributed by atoms with E-state index >= 15 is 0 Å². The van der Waals surface area contributed by atoms with E-state index in [2.05, 4.69) is 10.1 Å². The lowest BCUT2D eigenvalue weighted by atomic mass is 10.3. The lowest BCUT2D eigenvalue weighted by Crippen LogP contribution is -1.97. The van der Waals surface area contributed by atoms with Gasteiger partial charge in [0.05, 0.1) is 13.7 Å². The summed E-state index contributed by atoms with van der Waals surface area (Å²) in [6, 6.07) is 7.48. The molecule has 4 nitrogen and oxygen atoms in total.